The third-order valence-electron chi connectivity index (χ3n) is 10.9. The monoisotopic (exact) mass is 729 g/mol. The molecule has 0 radical (unpaired) electrons. The summed E-state index contributed by atoms with van der Waals surface area (Å²) in [5, 5.41) is 8.78. The summed E-state index contributed by atoms with van der Waals surface area (Å²) in [5.74, 6) is -0.999. The van der Waals surface area contributed by atoms with E-state index in [-0.39, 0.29) is 35.5 Å². The van der Waals surface area contributed by atoms with E-state index < -0.39 is 41.9 Å². The van der Waals surface area contributed by atoms with Gasteiger partial charge >= 0.3 is 0 Å². The van der Waals surface area contributed by atoms with Crippen LogP contribution in [0.1, 0.15) is 76.3 Å². The standard InChI is InChI=1S/C41H59N7O5/c1-28(2)23-34(46-38(51)35(25-30-13-7-4-8-14-30)45-36(49)32(43)24-29-11-5-3-6-12-29)37(50)44-33(15-9-10-20-42)40(53)47-21-18-41(19-22-47)26-48(27-41)39(52)31-16-17-31/h3-8,11-14,28,31-35H,9-10,15-27,42-43H2,1-2H3,(H,44,50)(H,45,49)(H,46,51). The lowest BCUT2D eigenvalue weighted by molar-refractivity contribution is -0.152. The lowest BCUT2D eigenvalue weighted by atomic mass is 9.71. The molecule has 12 heteroatoms. The van der Waals surface area contributed by atoms with Gasteiger partial charge in [-0.1, -0.05) is 74.5 Å². The van der Waals surface area contributed by atoms with Crippen molar-refractivity contribution in [2.75, 3.05) is 32.7 Å². The maximum atomic E-state index is 14.0. The molecule has 53 heavy (non-hydrogen) atoms. The molecule has 1 saturated carbocycles. The molecule has 2 aromatic rings. The third-order valence-corrected chi connectivity index (χ3v) is 10.9. The number of nitrogens with zero attached hydrogens (tertiary/aromatic N) is 2. The van der Waals surface area contributed by atoms with Crippen molar-refractivity contribution in [3.63, 3.8) is 0 Å². The fourth-order valence-electron chi connectivity index (χ4n) is 7.54. The summed E-state index contributed by atoms with van der Waals surface area (Å²) < 4.78 is 0. The lowest BCUT2D eigenvalue weighted by Gasteiger charge is -2.54. The SMILES string of the molecule is CC(C)CC(NC(=O)C(Cc1ccccc1)NC(=O)C(N)Cc1ccccc1)C(=O)NC(CCCCN)C(=O)N1CCC2(CC1)CN(C(=O)C1CC1)C2. The number of carbonyl (C=O) groups excluding carboxylic acids is 5. The number of likely N-dealkylation sites (tertiary alicyclic amines) is 2. The normalized spacial score (nSPS) is 18.7. The third kappa shape index (κ3) is 11.4. The van der Waals surface area contributed by atoms with Crippen molar-refractivity contribution >= 4 is 29.5 Å². The van der Waals surface area contributed by atoms with Crippen LogP contribution in [0.5, 0.6) is 0 Å². The van der Waals surface area contributed by atoms with Crippen molar-refractivity contribution in [2.24, 2.45) is 28.7 Å². The molecule has 2 aliphatic heterocycles. The van der Waals surface area contributed by atoms with Gasteiger partial charge in [0.2, 0.25) is 29.5 Å². The van der Waals surface area contributed by atoms with Crippen molar-refractivity contribution in [2.45, 2.75) is 102 Å². The average molecular weight is 730 g/mol. The minimum atomic E-state index is -0.987. The molecule has 2 heterocycles. The molecule has 2 aromatic carbocycles. The van der Waals surface area contributed by atoms with Crippen LogP contribution in [0.15, 0.2) is 60.7 Å². The van der Waals surface area contributed by atoms with E-state index in [1.54, 1.807) is 0 Å². The number of hydrogen-bond acceptors (Lipinski definition) is 7. The highest BCUT2D eigenvalue weighted by Gasteiger charge is 2.50. The fraction of sp³-hybridized carbons (Fsp3) is 0.585. The van der Waals surface area contributed by atoms with E-state index in [2.05, 4.69) is 16.0 Å². The van der Waals surface area contributed by atoms with Crippen LogP contribution >= 0.6 is 0 Å². The Bertz CT molecular complexity index is 1530. The van der Waals surface area contributed by atoms with Crippen molar-refractivity contribution in [3.8, 4) is 0 Å². The molecule has 0 bridgehead atoms. The zero-order valence-corrected chi connectivity index (χ0v) is 31.4. The number of rotatable bonds is 18. The highest BCUT2D eigenvalue weighted by Crippen LogP contribution is 2.43. The van der Waals surface area contributed by atoms with Crippen LogP contribution in [0, 0.1) is 17.3 Å². The summed E-state index contributed by atoms with van der Waals surface area (Å²) in [4.78, 5) is 71.6. The Kier molecular flexibility index (Phi) is 14.0. The van der Waals surface area contributed by atoms with Crippen molar-refractivity contribution in [1.82, 2.24) is 25.8 Å². The van der Waals surface area contributed by atoms with E-state index in [1.807, 2.05) is 84.3 Å². The first kappa shape index (κ1) is 39.9. The minimum absolute atomic E-state index is 0.0472. The van der Waals surface area contributed by atoms with Crippen LogP contribution in [0.4, 0.5) is 0 Å². The Labute approximate surface area is 314 Å². The van der Waals surface area contributed by atoms with Crippen LogP contribution in [0.2, 0.25) is 0 Å². The van der Waals surface area contributed by atoms with Crippen LogP contribution in [-0.4, -0.2) is 96.2 Å². The van der Waals surface area contributed by atoms with E-state index >= 15 is 0 Å². The molecule has 3 fully saturated rings. The number of amides is 5. The highest BCUT2D eigenvalue weighted by atomic mass is 16.2. The molecule has 3 aliphatic rings. The summed E-state index contributed by atoms with van der Waals surface area (Å²) in [6, 6.07) is 15.2. The van der Waals surface area contributed by atoms with Crippen LogP contribution in [0.3, 0.4) is 0 Å². The maximum absolute atomic E-state index is 14.0. The second kappa shape index (κ2) is 18.6. The van der Waals surface area contributed by atoms with E-state index in [4.69, 9.17) is 11.5 Å². The Hall–Kier alpha value is -4.29. The number of hydrogen-bond donors (Lipinski definition) is 5. The first-order valence-corrected chi connectivity index (χ1v) is 19.5. The van der Waals surface area contributed by atoms with E-state index in [1.165, 1.54) is 0 Å². The van der Waals surface area contributed by atoms with Crippen LogP contribution in [-0.2, 0) is 36.8 Å². The Balaban J connectivity index is 1.23. The molecule has 4 atom stereocenters. The Morgan fingerprint density at radius 2 is 1.28 bits per heavy atom. The zero-order valence-electron chi connectivity index (χ0n) is 31.4. The van der Waals surface area contributed by atoms with Gasteiger partial charge in [-0.3, -0.25) is 24.0 Å². The molecular formula is C41H59N7O5. The summed E-state index contributed by atoms with van der Waals surface area (Å²) in [6.07, 6.45) is 6.31. The lowest BCUT2D eigenvalue weighted by Crippen LogP contribution is -2.63. The van der Waals surface area contributed by atoms with Gasteiger partial charge in [-0.2, -0.15) is 0 Å². The fourth-order valence-corrected chi connectivity index (χ4v) is 7.54. The van der Waals surface area contributed by atoms with Gasteiger partial charge in [0, 0.05) is 43.9 Å². The minimum Gasteiger partial charge on any atom is -0.343 e. The number of benzene rings is 2. The highest BCUT2D eigenvalue weighted by molar-refractivity contribution is 5.95. The van der Waals surface area contributed by atoms with Gasteiger partial charge in [0.15, 0.2) is 0 Å². The van der Waals surface area contributed by atoms with Gasteiger partial charge in [-0.15, -0.1) is 0 Å². The van der Waals surface area contributed by atoms with Gasteiger partial charge in [-0.05, 0) is 81.4 Å². The van der Waals surface area contributed by atoms with E-state index in [0.717, 1.165) is 49.9 Å². The number of nitrogens with one attached hydrogen (secondary N) is 3. The average Bonchev–Trinajstić information content (AvgIpc) is 3.99. The molecule has 7 N–H and O–H groups in total. The predicted molar refractivity (Wildman–Crippen MR) is 204 cm³/mol. The second-order valence-corrected chi connectivity index (χ2v) is 15.9. The van der Waals surface area contributed by atoms with Crippen LogP contribution in [0.25, 0.3) is 0 Å². The summed E-state index contributed by atoms with van der Waals surface area (Å²) in [7, 11) is 0. The number of carbonyl (C=O) groups is 5. The molecular weight excluding hydrogens is 670 g/mol. The number of unbranched alkanes of at least 4 members (excludes halogenated alkanes) is 1. The number of nitrogens with two attached hydrogens (primary N) is 2. The smallest absolute Gasteiger partial charge is 0.245 e. The summed E-state index contributed by atoms with van der Waals surface area (Å²) in [5.41, 5.74) is 13.9. The molecule has 0 aromatic heterocycles. The Morgan fingerprint density at radius 3 is 1.85 bits per heavy atom. The van der Waals surface area contributed by atoms with Gasteiger partial charge in [0.05, 0.1) is 6.04 Å². The molecule has 5 amide bonds. The zero-order chi connectivity index (χ0) is 38.0. The molecule has 1 spiro atoms. The van der Waals surface area contributed by atoms with Crippen molar-refractivity contribution in [3.05, 3.63) is 71.8 Å². The summed E-state index contributed by atoms with van der Waals surface area (Å²) in [6.45, 7) is 7.09. The van der Waals surface area contributed by atoms with Crippen LogP contribution < -0.4 is 27.4 Å². The van der Waals surface area contributed by atoms with E-state index in [9.17, 15) is 24.0 Å². The van der Waals surface area contributed by atoms with Gasteiger partial charge in [0.1, 0.15) is 18.1 Å². The topological polar surface area (TPSA) is 180 Å². The molecule has 1 aliphatic carbocycles. The van der Waals surface area contributed by atoms with Crippen molar-refractivity contribution in [1.29, 1.82) is 0 Å². The predicted octanol–water partition coefficient (Wildman–Crippen LogP) is 2.29. The first-order valence-electron chi connectivity index (χ1n) is 19.5. The van der Waals surface area contributed by atoms with Gasteiger partial charge < -0.3 is 37.2 Å². The van der Waals surface area contributed by atoms with Gasteiger partial charge in [0.25, 0.3) is 0 Å². The Morgan fingerprint density at radius 1 is 0.736 bits per heavy atom. The largest absolute Gasteiger partial charge is 0.343 e. The quantitative estimate of drug-likeness (QED) is 0.146. The molecule has 2 saturated heterocycles. The van der Waals surface area contributed by atoms with Gasteiger partial charge in [-0.25, -0.2) is 0 Å². The second-order valence-electron chi connectivity index (χ2n) is 15.9. The maximum Gasteiger partial charge on any atom is 0.245 e. The van der Waals surface area contributed by atoms with Crippen molar-refractivity contribution < 1.29 is 24.0 Å². The molecule has 12 nitrogen and oxygen atoms in total. The number of piperidine rings is 1. The van der Waals surface area contributed by atoms with E-state index in [0.29, 0.717) is 51.7 Å². The molecule has 4 unspecified atom stereocenters. The first-order chi connectivity index (χ1) is 25.5. The molecule has 5 rings (SSSR count). The summed E-state index contributed by atoms with van der Waals surface area (Å²) >= 11 is 0. The molecule has 288 valence electrons.